The first-order valence-electron chi connectivity index (χ1n) is 10.4. The summed E-state index contributed by atoms with van der Waals surface area (Å²) in [4.78, 5) is 29.8. The Morgan fingerprint density at radius 3 is 2.72 bits per heavy atom. The molecule has 8 heteroatoms. The van der Waals surface area contributed by atoms with E-state index in [9.17, 15) is 9.59 Å². The van der Waals surface area contributed by atoms with E-state index in [0.717, 1.165) is 27.1 Å². The topological polar surface area (TPSA) is 58.4 Å². The Morgan fingerprint density at radius 1 is 1.28 bits per heavy atom. The maximum absolute atomic E-state index is 12.9. The molecule has 3 heterocycles. The molecular weight excluding hydrogens is 444 g/mol. The Hall–Kier alpha value is -2.90. The standard InChI is InChI=1S/C24H25ClN4O2S/c1-5-22(30)28-12-18(17-11-21(25)32-20(17)14-28)15-9-7-8-10-16(15)19-13-29(6-2)26-23(19)24(31)27(3)4/h5,7-11,13,18H,1,6,12,14H2,2-4H3/t18-/m0/s1. The van der Waals surface area contributed by atoms with Crippen LogP contribution in [0, 0.1) is 0 Å². The second-order valence-corrected chi connectivity index (χ2v) is 9.71. The highest BCUT2D eigenvalue weighted by molar-refractivity contribution is 7.16. The number of carbonyl (C=O) groups is 2. The largest absolute Gasteiger partial charge is 0.343 e. The highest BCUT2D eigenvalue weighted by Gasteiger charge is 2.32. The minimum Gasteiger partial charge on any atom is -0.343 e. The molecule has 0 fully saturated rings. The molecule has 2 amide bonds. The van der Waals surface area contributed by atoms with E-state index in [4.69, 9.17) is 11.6 Å². The Bertz CT molecular complexity index is 1200. The molecule has 0 saturated carbocycles. The van der Waals surface area contributed by atoms with Crippen LogP contribution in [0.15, 0.2) is 49.2 Å². The van der Waals surface area contributed by atoms with Crippen molar-refractivity contribution in [3.63, 3.8) is 0 Å². The molecule has 1 aliphatic rings. The minimum absolute atomic E-state index is 0.0742. The van der Waals surface area contributed by atoms with Crippen LogP contribution in [0.5, 0.6) is 0 Å². The number of halogens is 1. The maximum Gasteiger partial charge on any atom is 0.274 e. The molecule has 6 nitrogen and oxygen atoms in total. The number of nitrogens with zero attached hydrogens (tertiary/aromatic N) is 4. The fourth-order valence-electron chi connectivity index (χ4n) is 4.14. The van der Waals surface area contributed by atoms with Crippen LogP contribution in [0.3, 0.4) is 0 Å². The SMILES string of the molecule is C=CC(=O)N1Cc2sc(Cl)cc2[C@H](c2ccccc2-c2cn(CC)nc2C(=O)N(C)C)C1. The van der Waals surface area contributed by atoms with Crippen LogP contribution in [-0.2, 0) is 17.9 Å². The molecule has 4 rings (SSSR count). The molecule has 166 valence electrons. The predicted molar refractivity (Wildman–Crippen MR) is 128 cm³/mol. The first-order valence-corrected chi connectivity index (χ1v) is 11.6. The quantitative estimate of drug-likeness (QED) is 0.512. The summed E-state index contributed by atoms with van der Waals surface area (Å²) in [7, 11) is 3.45. The van der Waals surface area contributed by atoms with E-state index in [1.165, 1.54) is 22.3 Å². The number of hydrogen-bond donors (Lipinski definition) is 0. The van der Waals surface area contributed by atoms with Gasteiger partial charge in [0.2, 0.25) is 5.91 Å². The first kappa shape index (κ1) is 22.3. The highest BCUT2D eigenvalue weighted by atomic mass is 35.5. The number of aromatic nitrogens is 2. The van der Waals surface area contributed by atoms with Crippen LogP contribution >= 0.6 is 22.9 Å². The molecule has 1 aliphatic heterocycles. The summed E-state index contributed by atoms with van der Waals surface area (Å²) in [5.41, 5.74) is 4.31. The van der Waals surface area contributed by atoms with E-state index in [1.54, 1.807) is 23.7 Å². The molecule has 32 heavy (non-hydrogen) atoms. The maximum atomic E-state index is 12.9. The molecule has 0 unspecified atom stereocenters. The fourth-order valence-corrected chi connectivity index (χ4v) is 5.50. The van der Waals surface area contributed by atoms with Gasteiger partial charge in [0.05, 0.1) is 10.9 Å². The van der Waals surface area contributed by atoms with Crippen LogP contribution in [0.25, 0.3) is 11.1 Å². The number of thiophene rings is 1. The van der Waals surface area contributed by atoms with Crippen LogP contribution in [0.2, 0.25) is 4.34 Å². The van der Waals surface area contributed by atoms with Gasteiger partial charge >= 0.3 is 0 Å². The Balaban J connectivity index is 1.88. The summed E-state index contributed by atoms with van der Waals surface area (Å²) in [5, 5.41) is 4.55. The predicted octanol–water partition coefficient (Wildman–Crippen LogP) is 4.65. The van der Waals surface area contributed by atoms with Gasteiger partial charge in [0.25, 0.3) is 5.91 Å². The van der Waals surface area contributed by atoms with Crippen molar-refractivity contribution in [2.45, 2.75) is 25.9 Å². The third kappa shape index (κ3) is 3.98. The van der Waals surface area contributed by atoms with Crippen molar-refractivity contribution < 1.29 is 9.59 Å². The van der Waals surface area contributed by atoms with Gasteiger partial charge < -0.3 is 9.80 Å². The summed E-state index contributed by atoms with van der Waals surface area (Å²) in [6.45, 7) is 7.34. The molecule has 0 aliphatic carbocycles. The molecule has 2 aromatic heterocycles. The number of fused-ring (bicyclic) bond motifs is 1. The second-order valence-electron chi connectivity index (χ2n) is 7.94. The summed E-state index contributed by atoms with van der Waals surface area (Å²) < 4.78 is 2.48. The summed E-state index contributed by atoms with van der Waals surface area (Å²) in [5.74, 6) is -0.326. The number of amides is 2. The van der Waals surface area contributed by atoms with Gasteiger partial charge in [-0.25, -0.2) is 0 Å². The zero-order valence-electron chi connectivity index (χ0n) is 18.3. The lowest BCUT2D eigenvalue weighted by Gasteiger charge is -2.33. The zero-order chi connectivity index (χ0) is 23.0. The van der Waals surface area contributed by atoms with Crippen LogP contribution in [0.4, 0.5) is 0 Å². The van der Waals surface area contributed by atoms with Crippen molar-refractivity contribution in [2.75, 3.05) is 20.6 Å². The molecule has 3 aromatic rings. The Labute approximate surface area is 196 Å². The first-order chi connectivity index (χ1) is 15.3. The van der Waals surface area contributed by atoms with E-state index in [2.05, 4.69) is 17.7 Å². The molecule has 0 radical (unpaired) electrons. The van der Waals surface area contributed by atoms with Crippen molar-refractivity contribution in [1.29, 1.82) is 0 Å². The molecule has 0 spiro atoms. The van der Waals surface area contributed by atoms with E-state index < -0.39 is 0 Å². The van der Waals surface area contributed by atoms with Gasteiger partial charge in [-0.15, -0.1) is 11.3 Å². The Kier molecular flexibility index (Phi) is 6.22. The molecule has 0 saturated heterocycles. The van der Waals surface area contributed by atoms with E-state index in [-0.39, 0.29) is 17.7 Å². The van der Waals surface area contributed by atoms with Crippen molar-refractivity contribution >= 4 is 34.8 Å². The number of carbonyl (C=O) groups excluding carboxylic acids is 2. The third-order valence-corrected chi connectivity index (χ3v) is 7.00. The van der Waals surface area contributed by atoms with Crippen LogP contribution in [-0.4, -0.2) is 52.0 Å². The van der Waals surface area contributed by atoms with Crippen molar-refractivity contribution in [2.24, 2.45) is 0 Å². The van der Waals surface area contributed by atoms with Gasteiger partial charge in [0, 0.05) is 49.7 Å². The van der Waals surface area contributed by atoms with Crippen LogP contribution < -0.4 is 0 Å². The normalized spacial score (nSPS) is 15.4. The highest BCUT2D eigenvalue weighted by Crippen LogP contribution is 2.43. The monoisotopic (exact) mass is 468 g/mol. The van der Waals surface area contributed by atoms with Gasteiger partial charge in [0.15, 0.2) is 5.69 Å². The zero-order valence-corrected chi connectivity index (χ0v) is 19.9. The van der Waals surface area contributed by atoms with Crippen molar-refractivity contribution in [1.82, 2.24) is 19.6 Å². The van der Waals surface area contributed by atoms with Crippen molar-refractivity contribution in [3.05, 3.63) is 75.2 Å². The fraction of sp³-hybridized carbons (Fsp3) is 0.292. The number of aryl methyl sites for hydroxylation is 1. The van der Waals surface area contributed by atoms with E-state index >= 15 is 0 Å². The van der Waals surface area contributed by atoms with Crippen molar-refractivity contribution in [3.8, 4) is 11.1 Å². The van der Waals surface area contributed by atoms with E-state index in [1.807, 2.05) is 37.4 Å². The average molecular weight is 469 g/mol. The molecule has 1 aromatic carbocycles. The molecule has 1 atom stereocenters. The average Bonchev–Trinajstić information content (AvgIpc) is 3.39. The third-order valence-electron chi connectivity index (χ3n) is 5.73. The number of benzene rings is 1. The number of rotatable bonds is 5. The van der Waals surface area contributed by atoms with Gasteiger partial charge in [0.1, 0.15) is 0 Å². The molecule has 0 bridgehead atoms. The van der Waals surface area contributed by atoms with Crippen LogP contribution in [0.1, 0.15) is 39.3 Å². The minimum atomic E-state index is -0.145. The van der Waals surface area contributed by atoms with Gasteiger partial charge in [-0.05, 0) is 35.8 Å². The van der Waals surface area contributed by atoms with E-state index in [0.29, 0.717) is 29.7 Å². The van der Waals surface area contributed by atoms with Gasteiger partial charge in [-0.3, -0.25) is 14.3 Å². The Morgan fingerprint density at radius 2 is 2.03 bits per heavy atom. The lowest BCUT2D eigenvalue weighted by molar-refractivity contribution is -0.127. The van der Waals surface area contributed by atoms with Gasteiger partial charge in [-0.1, -0.05) is 42.4 Å². The summed E-state index contributed by atoms with van der Waals surface area (Å²) >= 11 is 7.88. The van der Waals surface area contributed by atoms with Gasteiger partial charge in [-0.2, -0.15) is 5.10 Å². The smallest absolute Gasteiger partial charge is 0.274 e. The molecular formula is C24H25ClN4O2S. The molecule has 0 N–H and O–H groups in total. The summed E-state index contributed by atoms with van der Waals surface area (Å²) in [6, 6.07) is 10.0. The lowest BCUT2D eigenvalue weighted by atomic mass is 9.84. The number of hydrogen-bond acceptors (Lipinski definition) is 4. The second kappa shape index (κ2) is 8.92. The summed E-state index contributed by atoms with van der Waals surface area (Å²) in [6.07, 6.45) is 3.27. The lowest BCUT2D eigenvalue weighted by Crippen LogP contribution is -2.37.